The Balaban J connectivity index is 2.51. The number of aryl methyl sites for hydroxylation is 2. The second-order valence-corrected chi connectivity index (χ2v) is 5.58. The first kappa shape index (κ1) is 19.6. The third kappa shape index (κ3) is 4.47. The Morgan fingerprint density at radius 1 is 1.15 bits per heavy atom. The number of benzene rings is 1. The summed E-state index contributed by atoms with van der Waals surface area (Å²) in [6, 6.07) is 2.48. The Hall–Kier alpha value is -2.70. The summed E-state index contributed by atoms with van der Waals surface area (Å²) in [6.07, 6.45) is -9.50. The molecule has 0 unspecified atom stereocenters. The first-order valence-electron chi connectivity index (χ1n) is 7.24. The number of alkyl halides is 6. The van der Waals surface area contributed by atoms with Crippen LogP contribution in [0.2, 0.25) is 0 Å². The van der Waals surface area contributed by atoms with Gasteiger partial charge in [0.05, 0.1) is 17.8 Å². The van der Waals surface area contributed by atoms with Gasteiger partial charge in [0, 0.05) is 17.8 Å². The monoisotopic (exact) mass is 377 g/mol. The fourth-order valence-electron chi connectivity index (χ4n) is 2.42. The third-order valence-electron chi connectivity index (χ3n) is 3.67. The smallest absolute Gasteiger partial charge is 0.361 e. The minimum Gasteiger partial charge on any atom is -0.361 e. The van der Waals surface area contributed by atoms with Gasteiger partial charge < -0.3 is 9.42 Å². The average molecular weight is 377 g/mol. The highest BCUT2D eigenvalue weighted by molar-refractivity contribution is 5.62. The lowest BCUT2D eigenvalue weighted by Gasteiger charge is -2.27. The maximum absolute atomic E-state index is 13.1. The second kappa shape index (κ2) is 6.90. The standard InChI is InChI=1S/C16H13F6N3O/c1-9-12(10(2)26-24-9)7-25(8-15(17,18)19)11-4-5-14(23-3)13(6-11)16(20,21)22/h4-6H,7-8H2,1-2H3. The second-order valence-electron chi connectivity index (χ2n) is 5.58. The number of nitrogens with zero attached hydrogens (tertiary/aromatic N) is 3. The number of hydrogen-bond acceptors (Lipinski definition) is 3. The van der Waals surface area contributed by atoms with Crippen LogP contribution in [0.1, 0.15) is 22.6 Å². The van der Waals surface area contributed by atoms with Crippen molar-refractivity contribution in [3.05, 3.63) is 52.2 Å². The average Bonchev–Trinajstić information content (AvgIpc) is 2.83. The van der Waals surface area contributed by atoms with Gasteiger partial charge in [0.2, 0.25) is 0 Å². The van der Waals surface area contributed by atoms with Crippen LogP contribution in [0.25, 0.3) is 4.85 Å². The van der Waals surface area contributed by atoms with E-state index in [1.54, 1.807) is 0 Å². The number of rotatable bonds is 4. The van der Waals surface area contributed by atoms with E-state index >= 15 is 0 Å². The Labute approximate surface area is 144 Å². The van der Waals surface area contributed by atoms with Crippen LogP contribution in [0, 0.1) is 20.4 Å². The predicted molar refractivity (Wildman–Crippen MR) is 80.8 cm³/mol. The zero-order valence-corrected chi connectivity index (χ0v) is 13.7. The van der Waals surface area contributed by atoms with E-state index in [0.29, 0.717) is 17.3 Å². The maximum atomic E-state index is 13.1. The third-order valence-corrected chi connectivity index (χ3v) is 3.67. The van der Waals surface area contributed by atoms with E-state index in [1.165, 1.54) is 13.8 Å². The largest absolute Gasteiger partial charge is 0.407 e. The summed E-state index contributed by atoms with van der Waals surface area (Å²) in [4.78, 5) is 3.53. The van der Waals surface area contributed by atoms with E-state index in [1.807, 2.05) is 0 Å². The molecule has 0 N–H and O–H groups in total. The zero-order valence-electron chi connectivity index (χ0n) is 13.7. The molecule has 0 spiro atoms. The molecule has 0 fully saturated rings. The van der Waals surface area contributed by atoms with Gasteiger partial charge in [-0.15, -0.1) is 0 Å². The SMILES string of the molecule is [C-]#[N+]c1ccc(N(Cc2c(C)noc2C)CC(F)(F)F)cc1C(F)(F)F. The summed E-state index contributed by atoms with van der Waals surface area (Å²) in [5.74, 6) is 0.281. The Morgan fingerprint density at radius 3 is 2.27 bits per heavy atom. The molecular formula is C16H13F6N3O. The van der Waals surface area contributed by atoms with Gasteiger partial charge in [-0.2, -0.15) is 26.3 Å². The van der Waals surface area contributed by atoms with Crippen molar-refractivity contribution >= 4 is 11.4 Å². The Bertz CT molecular complexity index is 812. The molecule has 2 rings (SSSR count). The minimum absolute atomic E-state index is 0.281. The molecule has 0 aliphatic carbocycles. The number of aromatic nitrogens is 1. The molecular weight excluding hydrogens is 364 g/mol. The maximum Gasteiger partial charge on any atom is 0.407 e. The molecule has 0 atom stereocenters. The quantitative estimate of drug-likeness (QED) is 0.526. The molecule has 140 valence electrons. The summed E-state index contributed by atoms with van der Waals surface area (Å²) in [5.41, 5.74) is -1.55. The number of anilines is 1. The van der Waals surface area contributed by atoms with E-state index in [2.05, 4.69) is 10.0 Å². The predicted octanol–water partition coefficient (Wildman–Crippen LogP) is 5.43. The van der Waals surface area contributed by atoms with Crippen LogP contribution in [0.5, 0.6) is 0 Å². The fourth-order valence-corrected chi connectivity index (χ4v) is 2.42. The Kier molecular flexibility index (Phi) is 5.21. The Morgan fingerprint density at radius 2 is 1.81 bits per heavy atom. The van der Waals surface area contributed by atoms with Crippen LogP contribution in [-0.4, -0.2) is 17.9 Å². The van der Waals surface area contributed by atoms with Crippen molar-refractivity contribution in [3.63, 3.8) is 0 Å². The van der Waals surface area contributed by atoms with Gasteiger partial charge in [0.1, 0.15) is 12.3 Å². The normalized spacial score (nSPS) is 12.1. The number of halogens is 6. The first-order chi connectivity index (χ1) is 11.9. The summed E-state index contributed by atoms with van der Waals surface area (Å²) < 4.78 is 83.1. The van der Waals surface area contributed by atoms with Gasteiger partial charge in [-0.25, -0.2) is 4.85 Å². The van der Waals surface area contributed by atoms with Crippen molar-refractivity contribution in [2.24, 2.45) is 0 Å². The first-order valence-corrected chi connectivity index (χ1v) is 7.24. The van der Waals surface area contributed by atoms with E-state index in [0.717, 1.165) is 17.0 Å². The van der Waals surface area contributed by atoms with Gasteiger partial charge in [-0.3, -0.25) is 0 Å². The molecule has 0 radical (unpaired) electrons. The van der Waals surface area contributed by atoms with Crippen molar-refractivity contribution in [2.75, 3.05) is 11.4 Å². The minimum atomic E-state index is -4.86. The van der Waals surface area contributed by atoms with Gasteiger partial charge in [-0.1, -0.05) is 11.2 Å². The van der Waals surface area contributed by atoms with Crippen LogP contribution in [0.4, 0.5) is 37.7 Å². The molecule has 2 aromatic rings. The molecule has 1 aromatic heterocycles. The van der Waals surface area contributed by atoms with Crippen molar-refractivity contribution in [1.82, 2.24) is 5.16 Å². The van der Waals surface area contributed by atoms with Crippen molar-refractivity contribution in [3.8, 4) is 0 Å². The molecule has 26 heavy (non-hydrogen) atoms. The molecule has 0 bridgehead atoms. The van der Waals surface area contributed by atoms with E-state index in [4.69, 9.17) is 11.1 Å². The molecule has 0 saturated carbocycles. The molecule has 0 saturated heterocycles. The van der Waals surface area contributed by atoms with Gasteiger partial charge in [-0.05, 0) is 26.0 Å². The molecule has 1 aromatic carbocycles. The van der Waals surface area contributed by atoms with Crippen molar-refractivity contribution < 1.29 is 30.9 Å². The molecule has 0 aliphatic heterocycles. The van der Waals surface area contributed by atoms with Crippen molar-refractivity contribution in [2.45, 2.75) is 32.7 Å². The lowest BCUT2D eigenvalue weighted by molar-refractivity contribution is -0.136. The van der Waals surface area contributed by atoms with Gasteiger partial charge in [0.25, 0.3) is 0 Å². The summed E-state index contributed by atoms with van der Waals surface area (Å²) in [7, 11) is 0. The lowest BCUT2D eigenvalue weighted by atomic mass is 10.1. The van der Waals surface area contributed by atoms with E-state index in [-0.39, 0.29) is 18.0 Å². The van der Waals surface area contributed by atoms with Crippen LogP contribution >= 0.6 is 0 Å². The lowest BCUT2D eigenvalue weighted by Crippen LogP contribution is -2.34. The summed E-state index contributed by atoms with van der Waals surface area (Å²) in [5, 5.41) is 3.64. The highest BCUT2D eigenvalue weighted by atomic mass is 19.4. The molecule has 0 amide bonds. The van der Waals surface area contributed by atoms with Crippen LogP contribution in [0.15, 0.2) is 22.7 Å². The van der Waals surface area contributed by atoms with E-state index < -0.39 is 30.1 Å². The van der Waals surface area contributed by atoms with Gasteiger partial charge >= 0.3 is 12.4 Å². The molecule has 0 aliphatic rings. The number of hydrogen-bond donors (Lipinski definition) is 0. The van der Waals surface area contributed by atoms with E-state index in [9.17, 15) is 26.3 Å². The molecule has 1 heterocycles. The summed E-state index contributed by atoms with van der Waals surface area (Å²) >= 11 is 0. The zero-order chi connectivity index (χ0) is 19.7. The van der Waals surface area contributed by atoms with Crippen LogP contribution < -0.4 is 4.90 Å². The van der Waals surface area contributed by atoms with Crippen LogP contribution in [-0.2, 0) is 12.7 Å². The highest BCUT2D eigenvalue weighted by Gasteiger charge is 2.36. The summed E-state index contributed by atoms with van der Waals surface area (Å²) in [6.45, 7) is 8.04. The topological polar surface area (TPSA) is 33.6 Å². The van der Waals surface area contributed by atoms with Crippen LogP contribution in [0.3, 0.4) is 0 Å². The van der Waals surface area contributed by atoms with Gasteiger partial charge in [0.15, 0.2) is 5.69 Å². The fraction of sp³-hybridized carbons (Fsp3) is 0.375. The van der Waals surface area contributed by atoms with Crippen molar-refractivity contribution in [1.29, 1.82) is 0 Å². The highest BCUT2D eigenvalue weighted by Crippen LogP contribution is 2.39. The molecule has 10 heteroatoms. The molecule has 4 nitrogen and oxygen atoms in total.